The van der Waals surface area contributed by atoms with Crippen molar-refractivity contribution in [2.24, 2.45) is 0 Å². The quantitative estimate of drug-likeness (QED) is 0.838. The van der Waals surface area contributed by atoms with Gasteiger partial charge in [-0.25, -0.2) is 0 Å². The number of nitrogens with zero attached hydrogens (tertiary/aromatic N) is 1. The fourth-order valence-electron chi connectivity index (χ4n) is 2.47. The van der Waals surface area contributed by atoms with E-state index < -0.39 is 0 Å². The fraction of sp³-hybridized carbons (Fsp3) is 0.471. The number of halogens is 1. The minimum Gasteiger partial charge on any atom is -0.349 e. The van der Waals surface area contributed by atoms with E-state index in [0.29, 0.717) is 17.1 Å². The first-order valence-electron chi connectivity index (χ1n) is 7.59. The Morgan fingerprint density at radius 1 is 1.24 bits per heavy atom. The third-order valence-electron chi connectivity index (χ3n) is 3.95. The van der Waals surface area contributed by atoms with Crippen LogP contribution in [0, 0.1) is 0 Å². The van der Waals surface area contributed by atoms with Gasteiger partial charge in [0.05, 0.1) is 0 Å². The van der Waals surface area contributed by atoms with Crippen LogP contribution in [-0.2, 0) is 6.54 Å². The highest BCUT2D eigenvalue weighted by molar-refractivity contribution is 6.29. The van der Waals surface area contributed by atoms with Gasteiger partial charge in [-0.2, -0.15) is 0 Å². The molecule has 0 saturated heterocycles. The lowest BCUT2D eigenvalue weighted by atomic mass is 10.1. The van der Waals surface area contributed by atoms with Crippen molar-refractivity contribution < 1.29 is 4.79 Å². The molecule has 2 aliphatic carbocycles. The van der Waals surface area contributed by atoms with Crippen LogP contribution in [0.5, 0.6) is 0 Å². The van der Waals surface area contributed by atoms with Gasteiger partial charge in [0.25, 0.3) is 5.91 Å². The minimum atomic E-state index is 0.0391. The molecule has 0 spiro atoms. The molecule has 1 aromatic carbocycles. The summed E-state index contributed by atoms with van der Waals surface area (Å²) in [6.07, 6.45) is 4.71. The summed E-state index contributed by atoms with van der Waals surface area (Å²) in [6.45, 7) is 5.38. The van der Waals surface area contributed by atoms with Crippen molar-refractivity contribution in [3.63, 3.8) is 0 Å². The van der Waals surface area contributed by atoms with E-state index in [1.807, 2.05) is 24.3 Å². The molecule has 0 aromatic heterocycles. The highest BCUT2D eigenvalue weighted by Gasteiger charge is 2.29. The molecule has 2 saturated carbocycles. The largest absolute Gasteiger partial charge is 0.349 e. The molecule has 21 heavy (non-hydrogen) atoms. The second kappa shape index (κ2) is 6.20. The Morgan fingerprint density at radius 3 is 2.43 bits per heavy atom. The average Bonchev–Trinajstić information content (AvgIpc) is 3.32. The molecule has 0 aliphatic heterocycles. The van der Waals surface area contributed by atoms with E-state index in [2.05, 4.69) is 16.8 Å². The number of nitrogens with one attached hydrogen (secondary N) is 1. The first-order valence-corrected chi connectivity index (χ1v) is 7.97. The molecule has 0 unspecified atom stereocenters. The summed E-state index contributed by atoms with van der Waals surface area (Å²) in [4.78, 5) is 14.3. The van der Waals surface area contributed by atoms with Crippen LogP contribution in [0.15, 0.2) is 35.9 Å². The Bertz CT molecular complexity index is 532. The maximum atomic E-state index is 11.9. The van der Waals surface area contributed by atoms with Gasteiger partial charge in [-0.05, 0) is 43.4 Å². The molecule has 3 rings (SSSR count). The summed E-state index contributed by atoms with van der Waals surface area (Å²) >= 11 is 5.94. The molecular weight excluding hydrogens is 284 g/mol. The predicted octanol–water partition coefficient (Wildman–Crippen LogP) is 3.30. The molecule has 0 atom stereocenters. The third kappa shape index (κ3) is 4.32. The molecule has 0 heterocycles. The standard InChI is InChI=1S/C17H21ClN2O/c1-12(18)10-20(16-8-9-16)11-13-2-4-14(5-3-13)17(21)19-15-6-7-15/h2-5,15-16H,1,6-11H2,(H,19,21). The molecule has 1 aromatic rings. The van der Waals surface area contributed by atoms with E-state index in [0.717, 1.165) is 31.5 Å². The Hall–Kier alpha value is -1.32. The van der Waals surface area contributed by atoms with Crippen molar-refractivity contribution in [1.82, 2.24) is 10.2 Å². The van der Waals surface area contributed by atoms with Crippen LogP contribution in [0.1, 0.15) is 41.6 Å². The normalized spacial score (nSPS) is 17.8. The van der Waals surface area contributed by atoms with E-state index in [-0.39, 0.29) is 5.91 Å². The average molecular weight is 305 g/mol. The summed E-state index contributed by atoms with van der Waals surface area (Å²) in [7, 11) is 0. The fourth-order valence-corrected chi connectivity index (χ4v) is 2.62. The van der Waals surface area contributed by atoms with E-state index in [9.17, 15) is 4.79 Å². The minimum absolute atomic E-state index is 0.0391. The number of carbonyl (C=O) groups is 1. The lowest BCUT2D eigenvalue weighted by Gasteiger charge is -2.21. The molecule has 112 valence electrons. The molecule has 2 fully saturated rings. The van der Waals surface area contributed by atoms with Gasteiger partial charge in [0.15, 0.2) is 0 Å². The zero-order valence-electron chi connectivity index (χ0n) is 12.1. The molecule has 1 amide bonds. The van der Waals surface area contributed by atoms with Crippen LogP contribution in [0.3, 0.4) is 0 Å². The van der Waals surface area contributed by atoms with Crippen molar-refractivity contribution in [2.75, 3.05) is 6.54 Å². The number of hydrogen-bond donors (Lipinski definition) is 1. The van der Waals surface area contributed by atoms with Crippen LogP contribution in [0.25, 0.3) is 0 Å². The zero-order valence-corrected chi connectivity index (χ0v) is 12.9. The number of amides is 1. The SMILES string of the molecule is C=C(Cl)CN(Cc1ccc(C(=O)NC2CC2)cc1)C1CC1. The summed E-state index contributed by atoms with van der Waals surface area (Å²) in [5, 5.41) is 3.69. The van der Waals surface area contributed by atoms with Gasteiger partial charge < -0.3 is 5.32 Å². The van der Waals surface area contributed by atoms with Crippen LogP contribution < -0.4 is 5.32 Å². The van der Waals surface area contributed by atoms with Gasteiger partial charge >= 0.3 is 0 Å². The van der Waals surface area contributed by atoms with Crippen LogP contribution in [0.4, 0.5) is 0 Å². The van der Waals surface area contributed by atoms with E-state index in [4.69, 9.17) is 11.6 Å². The third-order valence-corrected chi connectivity index (χ3v) is 4.07. The van der Waals surface area contributed by atoms with Crippen molar-refractivity contribution in [1.29, 1.82) is 0 Å². The molecule has 4 heteroatoms. The predicted molar refractivity (Wildman–Crippen MR) is 85.4 cm³/mol. The van der Waals surface area contributed by atoms with Gasteiger partial charge in [0.1, 0.15) is 0 Å². The second-order valence-electron chi connectivity index (χ2n) is 6.10. The van der Waals surface area contributed by atoms with E-state index >= 15 is 0 Å². The van der Waals surface area contributed by atoms with Crippen molar-refractivity contribution >= 4 is 17.5 Å². The molecule has 2 aliphatic rings. The number of rotatable bonds is 7. The lowest BCUT2D eigenvalue weighted by Crippen LogP contribution is -2.27. The zero-order chi connectivity index (χ0) is 14.8. The number of carbonyl (C=O) groups excluding carboxylic acids is 1. The monoisotopic (exact) mass is 304 g/mol. The lowest BCUT2D eigenvalue weighted by molar-refractivity contribution is 0.0951. The van der Waals surface area contributed by atoms with Gasteiger partial charge in [0.2, 0.25) is 0 Å². The summed E-state index contributed by atoms with van der Waals surface area (Å²) in [5.74, 6) is 0.0391. The Kier molecular flexibility index (Phi) is 4.32. The highest BCUT2D eigenvalue weighted by atomic mass is 35.5. The maximum Gasteiger partial charge on any atom is 0.251 e. The maximum absolute atomic E-state index is 11.9. The smallest absolute Gasteiger partial charge is 0.251 e. The van der Waals surface area contributed by atoms with Gasteiger partial charge in [-0.1, -0.05) is 30.3 Å². The van der Waals surface area contributed by atoms with E-state index in [1.165, 1.54) is 18.4 Å². The summed E-state index contributed by atoms with van der Waals surface area (Å²) in [5.41, 5.74) is 1.95. The van der Waals surface area contributed by atoms with Gasteiger partial charge in [-0.15, -0.1) is 0 Å². The first-order chi connectivity index (χ1) is 10.1. The van der Waals surface area contributed by atoms with Crippen LogP contribution >= 0.6 is 11.6 Å². The summed E-state index contributed by atoms with van der Waals surface area (Å²) < 4.78 is 0. The van der Waals surface area contributed by atoms with Crippen molar-refractivity contribution in [3.05, 3.63) is 47.0 Å². The topological polar surface area (TPSA) is 32.3 Å². The highest BCUT2D eigenvalue weighted by Crippen LogP contribution is 2.29. The summed E-state index contributed by atoms with van der Waals surface area (Å²) in [6, 6.07) is 8.93. The van der Waals surface area contributed by atoms with Gasteiger partial charge in [-0.3, -0.25) is 9.69 Å². The Balaban J connectivity index is 1.59. The van der Waals surface area contributed by atoms with Crippen LogP contribution in [0.2, 0.25) is 0 Å². The number of benzene rings is 1. The van der Waals surface area contributed by atoms with Crippen LogP contribution in [-0.4, -0.2) is 29.4 Å². The Morgan fingerprint density at radius 2 is 1.90 bits per heavy atom. The van der Waals surface area contributed by atoms with Gasteiger partial charge in [0, 0.05) is 35.8 Å². The van der Waals surface area contributed by atoms with Crippen molar-refractivity contribution in [3.8, 4) is 0 Å². The molecule has 0 radical (unpaired) electrons. The molecule has 0 bridgehead atoms. The first kappa shape index (κ1) is 14.6. The number of hydrogen-bond acceptors (Lipinski definition) is 2. The molecule has 1 N–H and O–H groups in total. The molecular formula is C17H21ClN2O. The van der Waals surface area contributed by atoms with E-state index in [1.54, 1.807) is 0 Å². The van der Waals surface area contributed by atoms with Crippen molar-refractivity contribution in [2.45, 2.75) is 44.3 Å². The molecule has 3 nitrogen and oxygen atoms in total. The Labute approximate surface area is 131 Å². The second-order valence-corrected chi connectivity index (χ2v) is 6.63.